The smallest absolute Gasteiger partial charge is 0.151 e. The summed E-state index contributed by atoms with van der Waals surface area (Å²) in [5.41, 5.74) is 13.4. The van der Waals surface area contributed by atoms with Crippen molar-refractivity contribution < 1.29 is 9.59 Å². The molecule has 0 saturated carbocycles. The van der Waals surface area contributed by atoms with Gasteiger partial charge < -0.3 is 0 Å². The Morgan fingerprint density at radius 2 is 1.07 bits per heavy atom. The predicted molar refractivity (Wildman–Crippen MR) is 118 cm³/mol. The molecule has 2 aromatic rings. The summed E-state index contributed by atoms with van der Waals surface area (Å²) in [6.45, 7) is 17.5. The van der Waals surface area contributed by atoms with E-state index in [0.29, 0.717) is 17.0 Å². The number of benzene rings is 2. The quantitative estimate of drug-likeness (QED) is 0.537. The Kier molecular flexibility index (Phi) is 4.05. The van der Waals surface area contributed by atoms with E-state index in [4.69, 9.17) is 0 Å². The van der Waals surface area contributed by atoms with Crippen LogP contribution < -0.4 is 0 Å². The maximum atomic E-state index is 12.3. The van der Waals surface area contributed by atoms with Gasteiger partial charge in [0.2, 0.25) is 0 Å². The topological polar surface area (TPSA) is 34.1 Å². The van der Waals surface area contributed by atoms with E-state index >= 15 is 0 Å². The second-order valence-corrected chi connectivity index (χ2v) is 8.70. The Labute approximate surface area is 167 Å². The minimum Gasteiger partial charge on any atom is -0.298 e. The maximum Gasteiger partial charge on any atom is 0.151 e. The Morgan fingerprint density at radius 1 is 0.607 bits per heavy atom. The van der Waals surface area contributed by atoms with Crippen LogP contribution in [0.3, 0.4) is 0 Å². The first kappa shape index (κ1) is 18.9. The van der Waals surface area contributed by atoms with E-state index in [1.165, 1.54) is 49.7 Å². The molecule has 0 heterocycles. The predicted octanol–water partition coefficient (Wildman–Crippen LogP) is 6.90. The molecule has 28 heavy (non-hydrogen) atoms. The van der Waals surface area contributed by atoms with Gasteiger partial charge in [0.25, 0.3) is 0 Å². The van der Waals surface area contributed by atoms with Crippen molar-refractivity contribution in [1.29, 1.82) is 0 Å². The Hall–Kier alpha value is -2.48. The summed E-state index contributed by atoms with van der Waals surface area (Å²) in [6, 6.07) is 0. The lowest BCUT2D eigenvalue weighted by Gasteiger charge is -2.36. The fourth-order valence-electron chi connectivity index (χ4n) is 5.68. The molecule has 2 aliphatic rings. The lowest BCUT2D eigenvalue weighted by atomic mass is 9.67. The van der Waals surface area contributed by atoms with Crippen molar-refractivity contribution in [2.24, 2.45) is 0 Å². The molecule has 2 nitrogen and oxygen atoms in total. The van der Waals surface area contributed by atoms with Crippen LogP contribution in [0.2, 0.25) is 0 Å². The van der Waals surface area contributed by atoms with Crippen molar-refractivity contribution in [2.75, 3.05) is 0 Å². The zero-order valence-electron chi connectivity index (χ0n) is 18.1. The first-order valence-electron chi connectivity index (χ1n) is 10.1. The molecule has 2 aromatic carbocycles. The number of rotatable bonds is 2. The van der Waals surface area contributed by atoms with Crippen molar-refractivity contribution in [2.45, 2.75) is 67.2 Å². The zero-order chi connectivity index (χ0) is 20.7. The van der Waals surface area contributed by atoms with Gasteiger partial charge in [-0.3, -0.25) is 9.59 Å². The molecule has 2 atom stereocenters. The molecule has 0 fully saturated rings. The molecule has 0 amide bonds. The number of allylic oxidation sites excluding steroid dienone is 4. The van der Waals surface area contributed by atoms with Gasteiger partial charge in [0.15, 0.2) is 12.6 Å². The molecule has 0 bridgehead atoms. The molecule has 0 N–H and O–H groups in total. The Bertz CT molecular complexity index is 1170. The van der Waals surface area contributed by atoms with Gasteiger partial charge in [-0.2, -0.15) is 0 Å². The summed E-state index contributed by atoms with van der Waals surface area (Å²) >= 11 is 0. The van der Waals surface area contributed by atoms with Crippen molar-refractivity contribution in [1.82, 2.24) is 0 Å². The second-order valence-electron chi connectivity index (χ2n) is 8.70. The van der Waals surface area contributed by atoms with Crippen molar-refractivity contribution in [3.05, 3.63) is 55.7 Å². The highest BCUT2D eigenvalue weighted by Crippen LogP contribution is 2.54. The average molecular weight is 373 g/mol. The van der Waals surface area contributed by atoms with E-state index in [1.807, 2.05) is 0 Å². The largest absolute Gasteiger partial charge is 0.298 e. The molecule has 4 rings (SSSR count). The van der Waals surface area contributed by atoms with Crippen molar-refractivity contribution in [3.63, 3.8) is 0 Å². The first-order valence-corrected chi connectivity index (χ1v) is 10.1. The van der Waals surface area contributed by atoms with Crippen LogP contribution in [0.25, 0.3) is 21.9 Å². The standard InChI is InChI=1S/C26H28O2/c1-11-13(3)21-17(7)18(8)22-14(4)12(2)16(6)24-20(10-28)19(9-27)23(15(11)5)25(21)26(22)24/h9-10,13,16H,1-8H3. The van der Waals surface area contributed by atoms with E-state index in [-0.39, 0.29) is 5.92 Å². The number of carbonyl (C=O) groups excluding carboxylic acids is 2. The third kappa shape index (κ3) is 1.98. The van der Waals surface area contributed by atoms with Crippen LogP contribution >= 0.6 is 0 Å². The monoisotopic (exact) mass is 372 g/mol. The summed E-state index contributed by atoms with van der Waals surface area (Å²) < 4.78 is 0. The number of hydrogen-bond donors (Lipinski definition) is 0. The highest BCUT2D eigenvalue weighted by molar-refractivity contribution is 6.16. The van der Waals surface area contributed by atoms with Crippen LogP contribution in [0.4, 0.5) is 0 Å². The van der Waals surface area contributed by atoms with Crippen LogP contribution in [0.5, 0.6) is 0 Å². The molecule has 0 saturated heterocycles. The molecule has 0 aromatic heterocycles. The minimum absolute atomic E-state index is 0.123. The normalized spacial score (nSPS) is 20.9. The molecular weight excluding hydrogens is 344 g/mol. The fourth-order valence-corrected chi connectivity index (χ4v) is 5.68. The molecule has 2 heteroatoms. The van der Waals surface area contributed by atoms with Crippen LogP contribution in [0.15, 0.2) is 11.1 Å². The van der Waals surface area contributed by atoms with E-state index in [2.05, 4.69) is 55.4 Å². The van der Waals surface area contributed by atoms with Gasteiger partial charge in [0.1, 0.15) is 0 Å². The highest BCUT2D eigenvalue weighted by Gasteiger charge is 2.35. The summed E-state index contributed by atoms with van der Waals surface area (Å²) in [4.78, 5) is 24.5. The molecule has 0 aliphatic heterocycles. The number of aldehydes is 2. The fraction of sp³-hybridized carbons (Fsp3) is 0.385. The van der Waals surface area contributed by atoms with E-state index in [9.17, 15) is 9.59 Å². The summed E-state index contributed by atoms with van der Waals surface area (Å²) in [5, 5.41) is 2.41. The van der Waals surface area contributed by atoms with Crippen LogP contribution in [-0.2, 0) is 0 Å². The molecule has 2 unspecified atom stereocenters. The van der Waals surface area contributed by atoms with Gasteiger partial charge in [-0.1, -0.05) is 25.0 Å². The van der Waals surface area contributed by atoms with Crippen molar-refractivity contribution in [3.8, 4) is 0 Å². The van der Waals surface area contributed by atoms with Crippen LogP contribution in [0, 0.1) is 13.8 Å². The third-order valence-electron chi connectivity index (χ3n) is 7.81. The summed E-state index contributed by atoms with van der Waals surface area (Å²) in [7, 11) is 0. The van der Waals surface area contributed by atoms with Gasteiger partial charge in [-0.05, 0) is 96.8 Å². The van der Waals surface area contributed by atoms with E-state index < -0.39 is 0 Å². The van der Waals surface area contributed by atoms with Crippen LogP contribution in [0.1, 0.15) is 107 Å². The second kappa shape index (κ2) is 6.01. The van der Waals surface area contributed by atoms with Gasteiger partial charge in [0.05, 0.1) is 0 Å². The zero-order valence-corrected chi connectivity index (χ0v) is 18.1. The van der Waals surface area contributed by atoms with Gasteiger partial charge in [0, 0.05) is 23.0 Å². The summed E-state index contributed by atoms with van der Waals surface area (Å²) in [6.07, 6.45) is 1.80. The molecule has 144 valence electrons. The minimum atomic E-state index is 0.123. The molecular formula is C26H28O2. The maximum absolute atomic E-state index is 12.3. The van der Waals surface area contributed by atoms with E-state index in [1.54, 1.807) is 0 Å². The molecule has 0 spiro atoms. The third-order valence-corrected chi connectivity index (χ3v) is 7.81. The van der Waals surface area contributed by atoms with Crippen LogP contribution in [-0.4, -0.2) is 12.6 Å². The SMILES string of the molecule is CC1=C(C)C(C)c2c(C)c(C)c3c4c(c(C=O)c(C=O)c1c24)C(C)C(C)=C3C. The average Bonchev–Trinajstić information content (AvgIpc) is 2.68. The number of hydrogen-bond acceptors (Lipinski definition) is 2. The highest BCUT2D eigenvalue weighted by atomic mass is 16.1. The van der Waals surface area contributed by atoms with Gasteiger partial charge in [-0.25, -0.2) is 0 Å². The van der Waals surface area contributed by atoms with Crippen molar-refractivity contribution >= 4 is 34.5 Å². The van der Waals surface area contributed by atoms with E-state index in [0.717, 1.165) is 29.3 Å². The lowest BCUT2D eigenvalue weighted by molar-refractivity contribution is 0.109. The Balaban J connectivity index is 2.46. The summed E-state index contributed by atoms with van der Waals surface area (Å²) in [5.74, 6) is 0.426. The first-order chi connectivity index (χ1) is 13.2. The lowest BCUT2D eigenvalue weighted by Crippen LogP contribution is -2.19. The molecule has 0 radical (unpaired) electrons. The van der Waals surface area contributed by atoms with Gasteiger partial charge >= 0.3 is 0 Å². The molecule has 2 aliphatic carbocycles. The Morgan fingerprint density at radius 3 is 1.61 bits per heavy atom. The number of carbonyl (C=O) groups is 2. The van der Waals surface area contributed by atoms with Gasteiger partial charge in [-0.15, -0.1) is 0 Å².